The maximum atomic E-state index is 5.62. The minimum Gasteiger partial charge on any atom is -0.365 e. The molecule has 1 aromatic rings. The van der Waals surface area contributed by atoms with Crippen LogP contribution in [-0.2, 0) is 6.42 Å². The topological polar surface area (TPSA) is 41.8 Å². The average Bonchev–Trinajstić information content (AvgIpc) is 2.39. The van der Waals surface area contributed by atoms with Gasteiger partial charge < -0.3 is 10.7 Å². The number of aryl methyl sites for hydroxylation is 1. The molecule has 62 valence electrons. The molecule has 1 atom stereocenters. The van der Waals surface area contributed by atoms with Crippen LogP contribution in [0.15, 0.2) is 18.3 Å². The van der Waals surface area contributed by atoms with E-state index >= 15 is 0 Å². The molecule has 0 amide bonds. The highest BCUT2D eigenvalue weighted by Crippen LogP contribution is 2.02. The molecule has 1 heterocycles. The standard InChI is InChI=1S/C9H16N2/c1-8(10)4-2-5-9-6-3-7-11-9/h3,6-8,11H,2,4-5,10H2,1H3. The summed E-state index contributed by atoms with van der Waals surface area (Å²) in [5, 5.41) is 0. The number of nitrogens with two attached hydrogens (primary N) is 1. The first-order chi connectivity index (χ1) is 5.29. The van der Waals surface area contributed by atoms with E-state index in [0.29, 0.717) is 6.04 Å². The highest BCUT2D eigenvalue weighted by molar-refractivity contribution is 5.03. The second-order valence-corrected chi connectivity index (χ2v) is 3.06. The maximum absolute atomic E-state index is 5.62. The minimum atomic E-state index is 0.338. The molecule has 2 heteroatoms. The Morgan fingerprint density at radius 2 is 2.45 bits per heavy atom. The van der Waals surface area contributed by atoms with Gasteiger partial charge in [0, 0.05) is 17.9 Å². The van der Waals surface area contributed by atoms with E-state index in [1.807, 2.05) is 12.3 Å². The third kappa shape index (κ3) is 3.23. The number of H-pyrrole nitrogens is 1. The first-order valence-corrected chi connectivity index (χ1v) is 4.17. The van der Waals surface area contributed by atoms with E-state index in [2.05, 4.69) is 18.0 Å². The largest absolute Gasteiger partial charge is 0.365 e. The van der Waals surface area contributed by atoms with E-state index in [4.69, 9.17) is 5.73 Å². The van der Waals surface area contributed by atoms with E-state index in [0.717, 1.165) is 12.8 Å². The fourth-order valence-corrected chi connectivity index (χ4v) is 1.14. The summed E-state index contributed by atoms with van der Waals surface area (Å²) in [5.41, 5.74) is 6.93. The Morgan fingerprint density at radius 3 is 3.00 bits per heavy atom. The van der Waals surface area contributed by atoms with Crippen LogP contribution in [0.4, 0.5) is 0 Å². The molecule has 0 saturated carbocycles. The fourth-order valence-electron chi connectivity index (χ4n) is 1.14. The van der Waals surface area contributed by atoms with Crippen molar-refractivity contribution < 1.29 is 0 Å². The van der Waals surface area contributed by atoms with Crippen molar-refractivity contribution in [1.29, 1.82) is 0 Å². The summed E-state index contributed by atoms with van der Waals surface area (Å²) in [5.74, 6) is 0. The van der Waals surface area contributed by atoms with Crippen molar-refractivity contribution >= 4 is 0 Å². The molecule has 0 saturated heterocycles. The molecule has 0 aliphatic rings. The molecule has 11 heavy (non-hydrogen) atoms. The van der Waals surface area contributed by atoms with Crippen molar-refractivity contribution in [2.24, 2.45) is 5.73 Å². The van der Waals surface area contributed by atoms with Crippen LogP contribution in [0, 0.1) is 0 Å². The minimum absolute atomic E-state index is 0.338. The molecule has 0 bridgehead atoms. The van der Waals surface area contributed by atoms with Crippen molar-refractivity contribution in [2.45, 2.75) is 32.2 Å². The maximum Gasteiger partial charge on any atom is 0.0147 e. The number of nitrogens with one attached hydrogen (secondary N) is 1. The smallest absolute Gasteiger partial charge is 0.0147 e. The molecule has 0 spiro atoms. The van der Waals surface area contributed by atoms with Crippen LogP contribution in [0.3, 0.4) is 0 Å². The van der Waals surface area contributed by atoms with Crippen molar-refractivity contribution in [3.05, 3.63) is 24.0 Å². The monoisotopic (exact) mass is 152 g/mol. The molecule has 3 N–H and O–H groups in total. The van der Waals surface area contributed by atoms with Crippen molar-refractivity contribution in [1.82, 2.24) is 4.98 Å². The van der Waals surface area contributed by atoms with Gasteiger partial charge in [-0.2, -0.15) is 0 Å². The van der Waals surface area contributed by atoms with Gasteiger partial charge in [0.1, 0.15) is 0 Å². The summed E-state index contributed by atoms with van der Waals surface area (Å²) < 4.78 is 0. The molecular weight excluding hydrogens is 136 g/mol. The molecular formula is C9H16N2. The van der Waals surface area contributed by atoms with Crippen LogP contribution in [0.2, 0.25) is 0 Å². The normalized spacial score (nSPS) is 13.3. The summed E-state index contributed by atoms with van der Waals surface area (Å²) in [6.07, 6.45) is 5.37. The molecule has 1 unspecified atom stereocenters. The van der Waals surface area contributed by atoms with E-state index in [1.54, 1.807) is 0 Å². The van der Waals surface area contributed by atoms with E-state index in [-0.39, 0.29) is 0 Å². The van der Waals surface area contributed by atoms with Crippen LogP contribution in [-0.4, -0.2) is 11.0 Å². The predicted molar refractivity (Wildman–Crippen MR) is 47.4 cm³/mol. The van der Waals surface area contributed by atoms with Crippen LogP contribution < -0.4 is 5.73 Å². The Kier molecular flexibility index (Phi) is 3.17. The predicted octanol–water partition coefficient (Wildman–Crippen LogP) is 1.68. The lowest BCUT2D eigenvalue weighted by atomic mass is 10.1. The lowest BCUT2D eigenvalue weighted by Crippen LogP contribution is -2.14. The fraction of sp³-hybridized carbons (Fsp3) is 0.556. The Balaban J connectivity index is 2.14. The number of hydrogen-bond donors (Lipinski definition) is 2. The van der Waals surface area contributed by atoms with E-state index in [9.17, 15) is 0 Å². The zero-order valence-corrected chi connectivity index (χ0v) is 7.01. The van der Waals surface area contributed by atoms with Gasteiger partial charge in [-0.05, 0) is 38.3 Å². The first-order valence-electron chi connectivity index (χ1n) is 4.17. The van der Waals surface area contributed by atoms with Gasteiger partial charge in [0.25, 0.3) is 0 Å². The highest BCUT2D eigenvalue weighted by atomic mass is 14.7. The number of aromatic nitrogens is 1. The molecule has 1 aromatic heterocycles. The summed E-state index contributed by atoms with van der Waals surface area (Å²) >= 11 is 0. The number of aromatic amines is 1. The molecule has 2 nitrogen and oxygen atoms in total. The highest BCUT2D eigenvalue weighted by Gasteiger charge is 1.95. The van der Waals surface area contributed by atoms with Gasteiger partial charge >= 0.3 is 0 Å². The van der Waals surface area contributed by atoms with E-state index < -0.39 is 0 Å². The SMILES string of the molecule is CC(N)CCCc1ccc[nH]1. The Hall–Kier alpha value is -0.760. The molecule has 0 aliphatic carbocycles. The zero-order chi connectivity index (χ0) is 8.10. The second-order valence-electron chi connectivity index (χ2n) is 3.06. The first kappa shape index (κ1) is 8.34. The lowest BCUT2D eigenvalue weighted by molar-refractivity contribution is 0.621. The van der Waals surface area contributed by atoms with Gasteiger partial charge in [0.15, 0.2) is 0 Å². The van der Waals surface area contributed by atoms with E-state index in [1.165, 1.54) is 12.1 Å². The molecule has 0 aromatic carbocycles. The number of hydrogen-bond acceptors (Lipinski definition) is 1. The lowest BCUT2D eigenvalue weighted by Gasteiger charge is -2.02. The van der Waals surface area contributed by atoms with Crippen molar-refractivity contribution in [2.75, 3.05) is 0 Å². The summed E-state index contributed by atoms with van der Waals surface area (Å²) in [6.45, 7) is 2.05. The molecule has 1 rings (SSSR count). The van der Waals surface area contributed by atoms with Gasteiger partial charge in [0.2, 0.25) is 0 Å². The third-order valence-corrected chi connectivity index (χ3v) is 1.77. The van der Waals surface area contributed by atoms with Gasteiger partial charge in [-0.1, -0.05) is 0 Å². The summed E-state index contributed by atoms with van der Waals surface area (Å²) in [7, 11) is 0. The second kappa shape index (κ2) is 4.19. The summed E-state index contributed by atoms with van der Waals surface area (Å²) in [4.78, 5) is 3.17. The van der Waals surface area contributed by atoms with Gasteiger partial charge in [-0.25, -0.2) is 0 Å². The Bertz CT molecular complexity index is 177. The van der Waals surface area contributed by atoms with Crippen molar-refractivity contribution in [3.63, 3.8) is 0 Å². The Labute approximate surface area is 67.8 Å². The van der Waals surface area contributed by atoms with Gasteiger partial charge in [-0.3, -0.25) is 0 Å². The third-order valence-electron chi connectivity index (χ3n) is 1.77. The summed E-state index contributed by atoms with van der Waals surface area (Å²) in [6, 6.07) is 4.48. The molecule has 0 radical (unpaired) electrons. The quantitative estimate of drug-likeness (QED) is 0.677. The zero-order valence-electron chi connectivity index (χ0n) is 7.01. The average molecular weight is 152 g/mol. The van der Waals surface area contributed by atoms with Gasteiger partial charge in [-0.15, -0.1) is 0 Å². The van der Waals surface area contributed by atoms with Gasteiger partial charge in [0.05, 0.1) is 0 Å². The van der Waals surface area contributed by atoms with Crippen LogP contribution >= 0.6 is 0 Å². The van der Waals surface area contributed by atoms with Crippen LogP contribution in [0.1, 0.15) is 25.5 Å². The number of rotatable bonds is 4. The van der Waals surface area contributed by atoms with Crippen LogP contribution in [0.25, 0.3) is 0 Å². The molecule has 0 fully saturated rings. The molecule has 0 aliphatic heterocycles. The Morgan fingerprint density at radius 1 is 1.64 bits per heavy atom. The van der Waals surface area contributed by atoms with Crippen molar-refractivity contribution in [3.8, 4) is 0 Å². The van der Waals surface area contributed by atoms with Crippen LogP contribution in [0.5, 0.6) is 0 Å².